The van der Waals surface area contributed by atoms with Crippen molar-refractivity contribution >= 4 is 11.7 Å². The van der Waals surface area contributed by atoms with Gasteiger partial charge in [0.05, 0.1) is 5.92 Å². The summed E-state index contributed by atoms with van der Waals surface area (Å²) in [4.78, 5) is 17.8. The lowest BCUT2D eigenvalue weighted by molar-refractivity contribution is -0.131. The van der Waals surface area contributed by atoms with E-state index in [4.69, 9.17) is 5.73 Å². The largest absolute Gasteiger partial charge is 0.504 e. The summed E-state index contributed by atoms with van der Waals surface area (Å²) >= 11 is 0. The van der Waals surface area contributed by atoms with Gasteiger partial charge in [0.2, 0.25) is 5.91 Å². The second kappa shape index (κ2) is 4.61. The third kappa shape index (κ3) is 2.18. The molecule has 1 aliphatic heterocycles. The van der Waals surface area contributed by atoms with Crippen LogP contribution in [-0.2, 0) is 4.79 Å². The van der Waals surface area contributed by atoms with Crippen LogP contribution in [0.15, 0.2) is 12.3 Å². The first kappa shape index (κ1) is 11.7. The first-order chi connectivity index (χ1) is 8.11. The van der Waals surface area contributed by atoms with E-state index in [1.54, 1.807) is 13.0 Å². The molecule has 1 saturated heterocycles. The van der Waals surface area contributed by atoms with E-state index < -0.39 is 0 Å². The number of carbonyl (C=O) groups is 1. The molecule has 1 amide bonds. The Bertz CT molecular complexity index is 428. The zero-order valence-corrected chi connectivity index (χ0v) is 9.89. The second-order valence-electron chi connectivity index (χ2n) is 4.39. The molecule has 3 N–H and O–H groups in total. The normalized spacial score (nSPS) is 17.1. The molecule has 5 heteroatoms. The summed E-state index contributed by atoms with van der Waals surface area (Å²) in [5, 5.41) is 9.80. The van der Waals surface area contributed by atoms with Crippen molar-refractivity contribution in [2.45, 2.75) is 25.7 Å². The maximum absolute atomic E-state index is 12.2. The van der Waals surface area contributed by atoms with Crippen LogP contribution in [0.4, 0.5) is 5.82 Å². The van der Waals surface area contributed by atoms with Gasteiger partial charge in [-0.25, -0.2) is 4.98 Å². The fraction of sp³-hybridized carbons (Fsp3) is 0.500. The predicted octanol–water partition coefficient (Wildman–Crippen LogP) is 1.10. The zero-order chi connectivity index (χ0) is 12.4. The first-order valence-electron chi connectivity index (χ1n) is 5.83. The van der Waals surface area contributed by atoms with E-state index in [-0.39, 0.29) is 23.4 Å². The quantitative estimate of drug-likeness (QED) is 0.804. The van der Waals surface area contributed by atoms with Gasteiger partial charge in [-0.15, -0.1) is 0 Å². The number of hydrogen-bond donors (Lipinski definition) is 2. The lowest BCUT2D eigenvalue weighted by Gasteiger charge is -2.21. The molecule has 1 fully saturated rings. The summed E-state index contributed by atoms with van der Waals surface area (Å²) in [7, 11) is 0. The van der Waals surface area contributed by atoms with Gasteiger partial charge in [0.15, 0.2) is 11.6 Å². The van der Waals surface area contributed by atoms with E-state index in [0.29, 0.717) is 5.56 Å². The number of rotatable bonds is 2. The van der Waals surface area contributed by atoms with Crippen molar-refractivity contribution in [3.05, 3.63) is 17.8 Å². The highest BCUT2D eigenvalue weighted by molar-refractivity contribution is 5.84. The number of likely N-dealkylation sites (tertiary alicyclic amines) is 1. The average molecular weight is 235 g/mol. The number of pyridine rings is 1. The van der Waals surface area contributed by atoms with Crippen molar-refractivity contribution in [2.75, 3.05) is 18.8 Å². The number of carbonyl (C=O) groups excluding carboxylic acids is 1. The molecule has 0 aliphatic carbocycles. The van der Waals surface area contributed by atoms with Crippen molar-refractivity contribution in [1.29, 1.82) is 0 Å². The van der Waals surface area contributed by atoms with Gasteiger partial charge in [0, 0.05) is 24.8 Å². The van der Waals surface area contributed by atoms with Crippen LogP contribution in [0.2, 0.25) is 0 Å². The SMILES string of the molecule is CC(C(=O)N1CCCC1)c1ccnc(N)c1O. The molecule has 92 valence electrons. The Morgan fingerprint density at radius 2 is 2.18 bits per heavy atom. The topological polar surface area (TPSA) is 79.5 Å². The highest BCUT2D eigenvalue weighted by atomic mass is 16.3. The Hall–Kier alpha value is -1.78. The van der Waals surface area contributed by atoms with Gasteiger partial charge in [0.1, 0.15) is 0 Å². The van der Waals surface area contributed by atoms with Gasteiger partial charge < -0.3 is 15.7 Å². The number of anilines is 1. The van der Waals surface area contributed by atoms with Crippen LogP contribution in [0.1, 0.15) is 31.2 Å². The van der Waals surface area contributed by atoms with E-state index in [1.165, 1.54) is 6.20 Å². The van der Waals surface area contributed by atoms with Gasteiger partial charge in [-0.1, -0.05) is 0 Å². The summed E-state index contributed by atoms with van der Waals surface area (Å²) in [6.07, 6.45) is 3.63. The monoisotopic (exact) mass is 235 g/mol. The van der Waals surface area contributed by atoms with Crippen LogP contribution in [0.3, 0.4) is 0 Å². The summed E-state index contributed by atoms with van der Waals surface area (Å²) in [5.74, 6) is -0.335. The summed E-state index contributed by atoms with van der Waals surface area (Å²) < 4.78 is 0. The molecule has 17 heavy (non-hydrogen) atoms. The number of nitrogen functional groups attached to an aromatic ring is 1. The molecule has 1 aliphatic rings. The van der Waals surface area contributed by atoms with E-state index >= 15 is 0 Å². The van der Waals surface area contributed by atoms with Crippen LogP contribution >= 0.6 is 0 Å². The van der Waals surface area contributed by atoms with Crippen molar-refractivity contribution in [3.63, 3.8) is 0 Å². The van der Waals surface area contributed by atoms with Gasteiger partial charge in [-0.05, 0) is 25.8 Å². The molecule has 0 bridgehead atoms. The van der Waals surface area contributed by atoms with Gasteiger partial charge in [-0.2, -0.15) is 0 Å². The van der Waals surface area contributed by atoms with E-state index in [2.05, 4.69) is 4.98 Å². The van der Waals surface area contributed by atoms with Crippen molar-refractivity contribution in [1.82, 2.24) is 9.88 Å². The molecule has 0 spiro atoms. The smallest absolute Gasteiger partial charge is 0.229 e. The molecule has 0 radical (unpaired) electrons. The van der Waals surface area contributed by atoms with Gasteiger partial charge in [0.25, 0.3) is 0 Å². The Labute approximate surface area is 100 Å². The number of aromatic nitrogens is 1. The molecule has 1 atom stereocenters. The molecule has 5 nitrogen and oxygen atoms in total. The minimum atomic E-state index is -0.376. The highest BCUT2D eigenvalue weighted by Gasteiger charge is 2.26. The standard InChI is InChI=1S/C12H17N3O2/c1-8(12(17)15-6-2-3-7-15)9-4-5-14-11(13)10(9)16/h4-5,8,16H,2-3,6-7H2,1H3,(H2,13,14). The number of hydrogen-bond acceptors (Lipinski definition) is 4. The molecule has 0 aromatic carbocycles. The van der Waals surface area contributed by atoms with E-state index in [9.17, 15) is 9.90 Å². The number of nitrogens with zero attached hydrogens (tertiary/aromatic N) is 2. The van der Waals surface area contributed by atoms with Crippen LogP contribution in [0, 0.1) is 0 Å². The van der Waals surface area contributed by atoms with Crippen LogP contribution in [0.25, 0.3) is 0 Å². The third-order valence-corrected chi connectivity index (χ3v) is 3.24. The Balaban J connectivity index is 2.21. The minimum Gasteiger partial charge on any atom is -0.504 e. The van der Waals surface area contributed by atoms with Crippen LogP contribution < -0.4 is 5.73 Å². The molecule has 1 aromatic rings. The van der Waals surface area contributed by atoms with Crippen LogP contribution in [-0.4, -0.2) is 34.0 Å². The minimum absolute atomic E-state index is 0.0448. The summed E-state index contributed by atoms with van der Waals surface area (Å²) in [5.41, 5.74) is 6.08. The molecule has 2 rings (SSSR count). The van der Waals surface area contributed by atoms with Crippen molar-refractivity contribution in [3.8, 4) is 5.75 Å². The maximum atomic E-state index is 12.2. The van der Waals surface area contributed by atoms with Crippen molar-refractivity contribution < 1.29 is 9.90 Å². The third-order valence-electron chi connectivity index (χ3n) is 3.24. The fourth-order valence-electron chi connectivity index (χ4n) is 2.18. The van der Waals surface area contributed by atoms with Crippen LogP contribution in [0.5, 0.6) is 5.75 Å². The second-order valence-corrected chi connectivity index (χ2v) is 4.39. The maximum Gasteiger partial charge on any atom is 0.229 e. The molecule has 1 unspecified atom stereocenters. The number of nitrogens with two attached hydrogens (primary N) is 1. The van der Waals surface area contributed by atoms with Gasteiger partial charge >= 0.3 is 0 Å². The molecule has 1 aromatic heterocycles. The number of aromatic hydroxyl groups is 1. The molecular formula is C12H17N3O2. The summed E-state index contributed by atoms with van der Waals surface area (Å²) in [6.45, 7) is 3.41. The lowest BCUT2D eigenvalue weighted by Crippen LogP contribution is -2.31. The average Bonchev–Trinajstić information content (AvgIpc) is 2.84. The highest BCUT2D eigenvalue weighted by Crippen LogP contribution is 2.30. The van der Waals surface area contributed by atoms with E-state index in [1.807, 2.05) is 4.90 Å². The molecule has 0 saturated carbocycles. The summed E-state index contributed by atoms with van der Waals surface area (Å²) in [6, 6.07) is 1.64. The lowest BCUT2D eigenvalue weighted by atomic mass is 10.00. The fourth-order valence-corrected chi connectivity index (χ4v) is 2.18. The van der Waals surface area contributed by atoms with E-state index in [0.717, 1.165) is 25.9 Å². The predicted molar refractivity (Wildman–Crippen MR) is 64.5 cm³/mol. The molecule has 2 heterocycles. The Morgan fingerprint density at radius 3 is 2.82 bits per heavy atom. The van der Waals surface area contributed by atoms with Crippen molar-refractivity contribution in [2.24, 2.45) is 0 Å². The zero-order valence-electron chi connectivity index (χ0n) is 9.89. The Morgan fingerprint density at radius 1 is 1.53 bits per heavy atom. The Kier molecular flexibility index (Phi) is 3.17. The molecular weight excluding hydrogens is 218 g/mol. The number of amides is 1. The first-order valence-corrected chi connectivity index (χ1v) is 5.83. The van der Waals surface area contributed by atoms with Gasteiger partial charge in [-0.3, -0.25) is 4.79 Å².